The fourth-order valence-electron chi connectivity index (χ4n) is 1.72. The second kappa shape index (κ2) is 7.10. The van der Waals surface area contributed by atoms with Gasteiger partial charge in [-0.2, -0.15) is 0 Å². The molecule has 0 unspecified atom stereocenters. The fourth-order valence-corrected chi connectivity index (χ4v) is 2.66. The highest BCUT2D eigenvalue weighted by Crippen LogP contribution is 2.31. The molecule has 0 N–H and O–H groups in total. The number of rotatable bonds is 3. The Kier molecular flexibility index (Phi) is 5.17. The third kappa shape index (κ3) is 3.78. The number of likely N-dealkylation sites (N-methyl/N-ethyl adjacent to an activating group) is 1. The number of hydrogen-bond donors (Lipinski definition) is 0. The molecule has 0 saturated carbocycles. The van der Waals surface area contributed by atoms with Crippen LogP contribution in [0.2, 0.25) is 0 Å². The molecule has 1 aromatic rings. The molecule has 1 fully saturated rings. The third-order valence-electron chi connectivity index (χ3n) is 2.97. The van der Waals surface area contributed by atoms with Crippen LogP contribution in [0.25, 0.3) is 0 Å². The smallest absolute Gasteiger partial charge is 0.337 e. The normalized spacial score (nSPS) is 17.7. The van der Waals surface area contributed by atoms with E-state index in [9.17, 15) is 14.4 Å². The molecule has 2 rings (SSSR count). The van der Waals surface area contributed by atoms with Gasteiger partial charge < -0.3 is 9.47 Å². The molecule has 8 heteroatoms. The number of carbonyl (C=O) groups is 3. The van der Waals surface area contributed by atoms with Crippen molar-refractivity contribution in [2.24, 2.45) is 4.99 Å². The average Bonchev–Trinajstić information content (AvgIpc) is 2.82. The first kappa shape index (κ1) is 16.8. The maximum Gasteiger partial charge on any atom is 0.337 e. The molecule has 1 saturated heterocycles. The van der Waals surface area contributed by atoms with E-state index in [4.69, 9.17) is 0 Å². The van der Waals surface area contributed by atoms with Crippen LogP contribution in [0.5, 0.6) is 0 Å². The minimum atomic E-state index is -0.599. The molecule has 120 valence electrons. The lowest BCUT2D eigenvalue weighted by molar-refractivity contribution is -0.135. The molecular formula is C15H14N2O5S. The summed E-state index contributed by atoms with van der Waals surface area (Å²) in [5.41, 5.74) is 0.977. The van der Waals surface area contributed by atoms with E-state index in [0.29, 0.717) is 16.4 Å². The Balaban J connectivity index is 2.23. The molecule has 1 aliphatic rings. The number of amides is 1. The van der Waals surface area contributed by atoms with Gasteiger partial charge in [-0.15, -0.1) is 0 Å². The van der Waals surface area contributed by atoms with Crippen molar-refractivity contribution in [3.05, 3.63) is 40.8 Å². The van der Waals surface area contributed by atoms with Crippen molar-refractivity contribution in [3.63, 3.8) is 0 Å². The van der Waals surface area contributed by atoms with Gasteiger partial charge in [-0.1, -0.05) is 0 Å². The molecule has 0 spiro atoms. The zero-order chi connectivity index (χ0) is 17.0. The van der Waals surface area contributed by atoms with Crippen molar-refractivity contribution in [2.45, 2.75) is 0 Å². The quantitative estimate of drug-likeness (QED) is 0.618. The van der Waals surface area contributed by atoms with E-state index in [-0.39, 0.29) is 10.8 Å². The molecule has 1 amide bonds. The first-order chi connectivity index (χ1) is 11.0. The van der Waals surface area contributed by atoms with E-state index in [2.05, 4.69) is 14.5 Å². The number of thioether (sulfide) groups is 1. The topological polar surface area (TPSA) is 85.3 Å². The minimum absolute atomic E-state index is 0.240. The molecule has 1 aromatic carbocycles. The van der Waals surface area contributed by atoms with Gasteiger partial charge in [-0.3, -0.25) is 9.69 Å². The highest BCUT2D eigenvalue weighted by atomic mass is 32.2. The predicted molar refractivity (Wildman–Crippen MR) is 85.3 cm³/mol. The Hall–Kier alpha value is -2.61. The summed E-state index contributed by atoms with van der Waals surface area (Å²) in [5, 5.41) is 0.427. The Morgan fingerprint density at radius 1 is 1.17 bits per heavy atom. The third-order valence-corrected chi connectivity index (χ3v) is 4.03. The number of aliphatic imine (C=N–C) groups is 1. The summed E-state index contributed by atoms with van der Waals surface area (Å²) >= 11 is 1.08. The van der Waals surface area contributed by atoms with Crippen molar-refractivity contribution in [1.29, 1.82) is 0 Å². The van der Waals surface area contributed by atoms with Crippen LogP contribution in [0.3, 0.4) is 0 Å². The number of esters is 2. The van der Waals surface area contributed by atoms with Crippen LogP contribution in [0.1, 0.15) is 10.4 Å². The van der Waals surface area contributed by atoms with Gasteiger partial charge in [-0.05, 0) is 36.0 Å². The van der Waals surface area contributed by atoms with Crippen molar-refractivity contribution in [2.75, 3.05) is 21.3 Å². The number of amidine groups is 1. The van der Waals surface area contributed by atoms with Gasteiger partial charge in [0.25, 0.3) is 5.91 Å². The number of methoxy groups -OCH3 is 2. The van der Waals surface area contributed by atoms with E-state index in [1.807, 2.05) is 0 Å². The molecule has 0 aromatic heterocycles. The van der Waals surface area contributed by atoms with Gasteiger partial charge in [0, 0.05) is 13.1 Å². The predicted octanol–water partition coefficient (Wildman–Crippen LogP) is 1.72. The first-order valence-corrected chi connectivity index (χ1v) is 7.30. The highest BCUT2D eigenvalue weighted by molar-refractivity contribution is 8.18. The standard InChI is InChI=1S/C15H14N2O5S/c1-17-13(19)11(8-12(18)21-2)23-15(17)16-10-6-4-9(5-7-10)14(20)22-3/h4-8H,1-3H3. The molecule has 0 atom stereocenters. The molecule has 1 aliphatic heterocycles. The minimum Gasteiger partial charge on any atom is -0.466 e. The zero-order valence-corrected chi connectivity index (χ0v) is 13.5. The number of ether oxygens (including phenoxy) is 2. The van der Waals surface area contributed by atoms with Gasteiger partial charge in [0.1, 0.15) is 0 Å². The number of nitrogens with zero attached hydrogens (tertiary/aromatic N) is 2. The second-order valence-corrected chi connectivity index (χ2v) is 5.44. The summed E-state index contributed by atoms with van der Waals surface area (Å²) < 4.78 is 9.13. The largest absolute Gasteiger partial charge is 0.466 e. The summed E-state index contributed by atoms with van der Waals surface area (Å²) in [6.45, 7) is 0. The summed E-state index contributed by atoms with van der Waals surface area (Å²) in [7, 11) is 4.11. The van der Waals surface area contributed by atoms with E-state index >= 15 is 0 Å². The first-order valence-electron chi connectivity index (χ1n) is 6.49. The lowest BCUT2D eigenvalue weighted by Crippen LogP contribution is -2.23. The Bertz CT molecular complexity index is 709. The van der Waals surface area contributed by atoms with Crippen LogP contribution in [0.4, 0.5) is 5.69 Å². The van der Waals surface area contributed by atoms with Gasteiger partial charge in [-0.25, -0.2) is 14.6 Å². The van der Waals surface area contributed by atoms with Gasteiger partial charge >= 0.3 is 11.9 Å². The number of hydrogen-bond acceptors (Lipinski definition) is 7. The van der Waals surface area contributed by atoms with Crippen LogP contribution in [0.15, 0.2) is 40.2 Å². The van der Waals surface area contributed by atoms with Crippen LogP contribution >= 0.6 is 11.8 Å². The highest BCUT2D eigenvalue weighted by Gasteiger charge is 2.31. The monoisotopic (exact) mass is 334 g/mol. The Morgan fingerprint density at radius 2 is 1.83 bits per heavy atom. The molecule has 1 heterocycles. The lowest BCUT2D eigenvalue weighted by Gasteiger charge is -2.07. The maximum absolute atomic E-state index is 12.0. The summed E-state index contributed by atoms with van der Waals surface area (Å²) in [5.74, 6) is -1.36. The van der Waals surface area contributed by atoms with Crippen molar-refractivity contribution in [3.8, 4) is 0 Å². The van der Waals surface area contributed by atoms with E-state index in [1.165, 1.54) is 19.1 Å². The fraction of sp³-hybridized carbons (Fsp3) is 0.200. The van der Waals surface area contributed by atoms with Crippen LogP contribution < -0.4 is 0 Å². The summed E-state index contributed by atoms with van der Waals surface area (Å²) in [6.07, 6.45) is 1.13. The molecule has 7 nitrogen and oxygen atoms in total. The van der Waals surface area contributed by atoms with Crippen LogP contribution in [-0.4, -0.2) is 49.2 Å². The van der Waals surface area contributed by atoms with Gasteiger partial charge in [0.15, 0.2) is 5.17 Å². The van der Waals surface area contributed by atoms with Crippen LogP contribution in [-0.2, 0) is 19.1 Å². The number of carbonyl (C=O) groups excluding carboxylic acids is 3. The second-order valence-electron chi connectivity index (χ2n) is 4.43. The summed E-state index contributed by atoms with van der Waals surface area (Å²) in [4.78, 5) is 40.6. The maximum atomic E-state index is 12.0. The number of benzene rings is 1. The molecule has 0 aliphatic carbocycles. The van der Waals surface area contributed by atoms with Gasteiger partial charge in [0.2, 0.25) is 0 Å². The molecule has 0 radical (unpaired) electrons. The zero-order valence-electron chi connectivity index (χ0n) is 12.7. The van der Waals surface area contributed by atoms with Crippen molar-refractivity contribution < 1.29 is 23.9 Å². The van der Waals surface area contributed by atoms with E-state index < -0.39 is 11.9 Å². The van der Waals surface area contributed by atoms with Crippen LogP contribution in [0, 0.1) is 0 Å². The Labute approximate surface area is 137 Å². The SMILES string of the molecule is COC(=O)C=C1SC(=Nc2ccc(C(=O)OC)cc2)N(C)C1=O. The van der Waals surface area contributed by atoms with Crippen molar-refractivity contribution in [1.82, 2.24) is 4.90 Å². The summed E-state index contributed by atoms with van der Waals surface area (Å²) in [6, 6.07) is 6.44. The Morgan fingerprint density at radius 3 is 2.39 bits per heavy atom. The van der Waals surface area contributed by atoms with Crippen molar-refractivity contribution >= 4 is 40.5 Å². The lowest BCUT2D eigenvalue weighted by atomic mass is 10.2. The molecule has 23 heavy (non-hydrogen) atoms. The van der Waals surface area contributed by atoms with Gasteiger partial charge in [0.05, 0.1) is 30.4 Å². The van der Waals surface area contributed by atoms with E-state index in [1.54, 1.807) is 31.3 Å². The molecule has 0 bridgehead atoms. The molecular weight excluding hydrogens is 320 g/mol. The van der Waals surface area contributed by atoms with E-state index in [0.717, 1.165) is 17.8 Å². The average molecular weight is 334 g/mol.